The van der Waals surface area contributed by atoms with Gasteiger partial charge in [-0.1, -0.05) is 68.0 Å². The lowest BCUT2D eigenvalue weighted by Crippen LogP contribution is -2.12. The normalized spacial score (nSPS) is 10.0. The van der Waals surface area contributed by atoms with Crippen LogP contribution < -0.4 is 18.9 Å². The van der Waals surface area contributed by atoms with Crippen molar-refractivity contribution >= 4 is 24.4 Å². The first-order valence-corrected chi connectivity index (χ1v) is 14.2. The van der Waals surface area contributed by atoms with Crippen molar-refractivity contribution in [1.82, 2.24) is 0 Å². The molecule has 0 saturated heterocycles. The summed E-state index contributed by atoms with van der Waals surface area (Å²) in [5.74, 6) is 4.74. The first kappa shape index (κ1) is 33.4. The zero-order valence-corrected chi connectivity index (χ0v) is 26.0. The first-order valence-electron chi connectivity index (χ1n) is 14.2. The summed E-state index contributed by atoms with van der Waals surface area (Å²) >= 11 is 0. The van der Waals surface area contributed by atoms with Gasteiger partial charge in [-0.05, 0) is 91.6 Å². The van der Waals surface area contributed by atoms with Crippen LogP contribution in [0.1, 0.15) is 31.9 Å². The van der Waals surface area contributed by atoms with E-state index in [1.54, 1.807) is 36.4 Å². The highest BCUT2D eigenvalue weighted by molar-refractivity contribution is 5.91. The van der Waals surface area contributed by atoms with Gasteiger partial charge in [-0.15, -0.1) is 0 Å². The lowest BCUT2D eigenvalue weighted by Gasteiger charge is -2.12. The van der Waals surface area contributed by atoms with E-state index in [9.17, 15) is 19.2 Å². The van der Waals surface area contributed by atoms with E-state index < -0.39 is 17.9 Å². The molecule has 8 heteroatoms. The van der Waals surface area contributed by atoms with Gasteiger partial charge < -0.3 is 18.9 Å². The average Bonchev–Trinajstić information content (AvgIpc) is 3.05. The minimum atomic E-state index is -0.649. The predicted octanol–water partition coefficient (Wildman–Crippen LogP) is 7.40. The molecule has 8 nitrogen and oxygen atoms in total. The molecule has 0 heterocycles. The van der Waals surface area contributed by atoms with Gasteiger partial charge in [0.05, 0.1) is 0 Å². The van der Waals surface area contributed by atoms with Gasteiger partial charge in [-0.2, -0.15) is 0 Å². The molecule has 0 unspecified atom stereocenters. The number of rotatable bonds is 10. The second-order valence-electron chi connectivity index (χ2n) is 10.5. The lowest BCUT2D eigenvalue weighted by molar-refractivity contribution is -0.132. The smallest absolute Gasteiger partial charge is 0.338 e. The Morgan fingerprint density at radius 1 is 0.511 bits per heavy atom. The summed E-state index contributed by atoms with van der Waals surface area (Å²) in [6.07, 6.45) is 0. The third-order valence-corrected chi connectivity index (χ3v) is 6.50. The van der Waals surface area contributed by atoms with E-state index in [1.165, 1.54) is 20.8 Å². The average molecular weight is 627 g/mol. The van der Waals surface area contributed by atoms with Crippen LogP contribution in [-0.4, -0.2) is 24.4 Å². The summed E-state index contributed by atoms with van der Waals surface area (Å²) in [4.78, 5) is 47.3. The van der Waals surface area contributed by atoms with E-state index in [-0.39, 0.29) is 46.2 Å². The van der Waals surface area contributed by atoms with Gasteiger partial charge in [0.2, 0.25) is 0 Å². The molecule has 0 spiro atoms. The Morgan fingerprint density at radius 2 is 0.851 bits per heavy atom. The summed E-state index contributed by atoms with van der Waals surface area (Å²) in [6.45, 7) is 15.6. The number of ether oxygens (including phenoxy) is 4. The van der Waals surface area contributed by atoms with Crippen LogP contribution >= 0.6 is 0 Å². The molecule has 0 bridgehead atoms. The van der Waals surface area contributed by atoms with Crippen molar-refractivity contribution in [2.75, 3.05) is 0 Å². The molecule has 234 valence electrons. The quantitative estimate of drug-likeness (QED) is 0.0590. The van der Waals surface area contributed by atoms with Gasteiger partial charge >= 0.3 is 17.9 Å². The highest BCUT2D eigenvalue weighted by atomic mass is 16.6. The van der Waals surface area contributed by atoms with Gasteiger partial charge in [-0.25, -0.2) is 14.4 Å². The van der Waals surface area contributed by atoms with Gasteiger partial charge in [0, 0.05) is 27.8 Å². The molecular formula is C39H30O8. The van der Waals surface area contributed by atoms with E-state index >= 15 is 0 Å². The third kappa shape index (κ3) is 8.81. The van der Waals surface area contributed by atoms with Gasteiger partial charge in [0.25, 0.3) is 6.47 Å². The van der Waals surface area contributed by atoms with E-state index in [0.29, 0.717) is 0 Å². The van der Waals surface area contributed by atoms with Crippen LogP contribution in [-0.2, 0) is 19.2 Å². The predicted molar refractivity (Wildman–Crippen MR) is 178 cm³/mol. The summed E-state index contributed by atoms with van der Waals surface area (Å²) in [6, 6.07) is 24.8. The third-order valence-electron chi connectivity index (χ3n) is 6.50. The van der Waals surface area contributed by atoms with Crippen LogP contribution in [0.15, 0.2) is 121 Å². The molecule has 0 aromatic heterocycles. The highest BCUT2D eigenvalue weighted by Crippen LogP contribution is 2.35. The Kier molecular flexibility index (Phi) is 10.7. The van der Waals surface area contributed by atoms with Crippen molar-refractivity contribution in [3.8, 4) is 57.1 Å². The van der Waals surface area contributed by atoms with Crippen molar-refractivity contribution in [2.45, 2.75) is 20.8 Å². The minimum Gasteiger partial charge on any atom is -0.425 e. The Hall–Kier alpha value is -6.46. The number of carbonyl (C=O) groups excluding carboxylic acids is 4. The Labute approximate surface area is 272 Å². The fourth-order valence-corrected chi connectivity index (χ4v) is 3.96. The van der Waals surface area contributed by atoms with E-state index in [0.717, 1.165) is 33.4 Å². The van der Waals surface area contributed by atoms with Crippen LogP contribution in [0.2, 0.25) is 0 Å². The lowest BCUT2D eigenvalue weighted by atomic mass is 10.0. The Balaban J connectivity index is 1.51. The van der Waals surface area contributed by atoms with Crippen LogP contribution in [0, 0.1) is 11.8 Å². The fourth-order valence-electron chi connectivity index (χ4n) is 3.96. The van der Waals surface area contributed by atoms with Crippen LogP contribution in [0.25, 0.3) is 22.3 Å². The maximum absolute atomic E-state index is 12.2. The molecule has 0 aliphatic heterocycles. The van der Waals surface area contributed by atoms with Crippen LogP contribution in [0.5, 0.6) is 23.0 Å². The molecule has 0 aliphatic carbocycles. The van der Waals surface area contributed by atoms with Gasteiger partial charge in [0.1, 0.15) is 0 Å². The number of benzene rings is 4. The van der Waals surface area contributed by atoms with Crippen LogP contribution in [0.4, 0.5) is 0 Å². The Bertz CT molecular complexity index is 1970. The van der Waals surface area contributed by atoms with Crippen LogP contribution in [0.3, 0.4) is 0 Å². The van der Waals surface area contributed by atoms with E-state index in [4.69, 9.17) is 18.9 Å². The molecule has 0 N–H and O–H groups in total. The number of hydrogen-bond donors (Lipinski definition) is 0. The minimum absolute atomic E-state index is 0.0760. The van der Waals surface area contributed by atoms with E-state index in [2.05, 4.69) is 31.6 Å². The molecule has 0 amide bonds. The largest absolute Gasteiger partial charge is 0.425 e. The second kappa shape index (κ2) is 15.0. The monoisotopic (exact) mass is 626 g/mol. The summed E-state index contributed by atoms with van der Waals surface area (Å²) in [5.41, 5.74) is 5.29. The summed E-state index contributed by atoms with van der Waals surface area (Å²) in [5, 5.41) is 0. The fraction of sp³-hybridized carbons (Fsp3) is 0.0769. The molecule has 47 heavy (non-hydrogen) atoms. The molecule has 4 rings (SSSR count). The topological polar surface area (TPSA) is 105 Å². The maximum atomic E-state index is 12.2. The SMILES string of the molecule is C=C(C)C(=O)Oc1ccc(-c2ccc(C#Cc3ccc(-c4ccc(OC(=O)C(=C)C)c(OC(=O)C(=C)C)c4)cc3)cc2)cc1OC=O. The highest BCUT2D eigenvalue weighted by Gasteiger charge is 2.17. The zero-order valence-electron chi connectivity index (χ0n) is 26.0. The Morgan fingerprint density at radius 3 is 1.23 bits per heavy atom. The van der Waals surface area contributed by atoms with Crippen molar-refractivity contribution in [3.63, 3.8) is 0 Å². The molecule has 4 aromatic carbocycles. The van der Waals surface area contributed by atoms with Crippen molar-refractivity contribution in [2.24, 2.45) is 0 Å². The number of carbonyl (C=O) groups is 4. The van der Waals surface area contributed by atoms with E-state index in [1.807, 2.05) is 48.5 Å². The van der Waals surface area contributed by atoms with Crippen molar-refractivity contribution in [1.29, 1.82) is 0 Å². The summed E-state index contributed by atoms with van der Waals surface area (Å²) < 4.78 is 21.1. The molecule has 0 aliphatic rings. The second-order valence-corrected chi connectivity index (χ2v) is 10.5. The number of hydrogen-bond acceptors (Lipinski definition) is 8. The molecule has 0 radical (unpaired) electrons. The summed E-state index contributed by atoms with van der Waals surface area (Å²) in [7, 11) is 0. The maximum Gasteiger partial charge on any atom is 0.338 e. The van der Waals surface area contributed by atoms with Crippen molar-refractivity contribution < 1.29 is 38.1 Å². The zero-order chi connectivity index (χ0) is 34.1. The van der Waals surface area contributed by atoms with Crippen molar-refractivity contribution in [3.05, 3.63) is 133 Å². The first-order chi connectivity index (χ1) is 22.4. The van der Waals surface area contributed by atoms with Gasteiger partial charge in [0.15, 0.2) is 23.0 Å². The standard InChI is InChI=1S/C39H30O8/c1-24(2)37(41)45-33-19-17-31(21-35(33)44-23-40)29-13-9-27(10-14-29)7-8-28-11-15-30(16-12-28)32-18-20-34(46-38(42)25(3)4)36(22-32)47-39(43)26(5)6/h9-23H,1,3,5H2,2,4,6H3. The number of esters is 3. The molecule has 0 saturated carbocycles. The molecule has 0 fully saturated rings. The van der Waals surface area contributed by atoms with Gasteiger partial charge in [-0.3, -0.25) is 4.79 Å². The molecule has 0 atom stereocenters. The molecular weight excluding hydrogens is 596 g/mol. The molecule has 4 aromatic rings.